The highest BCUT2D eigenvalue weighted by Crippen LogP contribution is 2.26. The number of pyridine rings is 1. The van der Waals surface area contributed by atoms with Crippen LogP contribution >= 0.6 is 0 Å². The number of hydrogen-bond donors (Lipinski definition) is 0. The van der Waals surface area contributed by atoms with Crippen molar-refractivity contribution in [2.45, 2.75) is 0 Å². The Morgan fingerprint density at radius 1 is 1.36 bits per heavy atom. The Hall–Kier alpha value is -2.12. The van der Waals surface area contributed by atoms with Crippen LogP contribution in [0.2, 0.25) is 0 Å². The molecule has 0 atom stereocenters. The zero-order valence-electron chi connectivity index (χ0n) is 7.27. The Morgan fingerprint density at radius 2 is 2.36 bits per heavy atom. The lowest BCUT2D eigenvalue weighted by Gasteiger charge is -1.86. The first-order chi connectivity index (χ1) is 6.95. The molecule has 2 aromatic heterocycles. The van der Waals surface area contributed by atoms with Gasteiger partial charge in [-0.1, -0.05) is 0 Å². The van der Waals surface area contributed by atoms with Crippen LogP contribution in [-0.4, -0.2) is 10.9 Å². The van der Waals surface area contributed by atoms with E-state index in [9.17, 15) is 0 Å². The molecule has 1 aliphatic heterocycles. The molecule has 0 aliphatic carbocycles. The van der Waals surface area contributed by atoms with Crippen molar-refractivity contribution < 1.29 is 4.42 Å². The second-order valence-electron chi connectivity index (χ2n) is 2.95. The molecule has 0 N–H and O–H groups in total. The molecule has 0 amide bonds. The molecule has 0 spiro atoms. The second-order valence-corrected chi connectivity index (χ2v) is 2.95. The first-order valence-electron chi connectivity index (χ1n) is 4.28. The molecule has 66 valence electrons. The third-order valence-corrected chi connectivity index (χ3v) is 2.10. The number of fused-ring (bicyclic) bond motifs is 3. The predicted molar refractivity (Wildman–Crippen MR) is 54.9 cm³/mol. The van der Waals surface area contributed by atoms with Gasteiger partial charge in [-0.15, -0.1) is 0 Å². The highest BCUT2D eigenvalue weighted by molar-refractivity contribution is 5.92. The molecular formula is C11H6N2O. The van der Waals surface area contributed by atoms with Gasteiger partial charge in [-0.2, -0.15) is 0 Å². The fourth-order valence-corrected chi connectivity index (χ4v) is 1.48. The molecule has 0 aromatic carbocycles. The van der Waals surface area contributed by atoms with E-state index in [1.165, 1.54) is 0 Å². The second kappa shape index (κ2) is 2.69. The first kappa shape index (κ1) is 7.30. The van der Waals surface area contributed by atoms with Gasteiger partial charge >= 0.3 is 0 Å². The maximum atomic E-state index is 5.58. The number of aliphatic imine (C=N–C) groups is 1. The zero-order chi connectivity index (χ0) is 9.38. The van der Waals surface area contributed by atoms with E-state index >= 15 is 0 Å². The highest BCUT2D eigenvalue weighted by Gasteiger charge is 2.10. The molecule has 2 aromatic rings. The number of hydrogen-bond acceptors (Lipinski definition) is 3. The van der Waals surface area contributed by atoms with Gasteiger partial charge in [-0.25, -0.2) is 4.99 Å². The zero-order valence-corrected chi connectivity index (χ0v) is 7.27. The van der Waals surface area contributed by atoms with E-state index in [0.717, 1.165) is 22.4 Å². The normalized spacial score (nSPS) is 13.1. The maximum absolute atomic E-state index is 5.58. The van der Waals surface area contributed by atoms with E-state index in [1.54, 1.807) is 18.5 Å². The Labute approximate surface area is 80.1 Å². The number of aromatic nitrogens is 1. The smallest absolute Gasteiger partial charge is 0.153 e. The molecule has 3 heteroatoms. The summed E-state index contributed by atoms with van der Waals surface area (Å²) in [4.78, 5) is 8.15. The Bertz CT molecular complexity index is 586. The molecule has 0 fully saturated rings. The summed E-state index contributed by atoms with van der Waals surface area (Å²) in [5.74, 6) is 3.52. The van der Waals surface area contributed by atoms with Gasteiger partial charge in [0.15, 0.2) is 5.58 Å². The Morgan fingerprint density at radius 3 is 3.36 bits per heavy atom. The van der Waals surface area contributed by atoms with Gasteiger partial charge in [0.05, 0.1) is 0 Å². The van der Waals surface area contributed by atoms with Crippen LogP contribution in [0.3, 0.4) is 0 Å². The monoisotopic (exact) mass is 182 g/mol. The SMILES string of the molecule is C1=Cc2oc3cccnc3c2C=CN=1. The highest BCUT2D eigenvalue weighted by atomic mass is 16.3. The van der Waals surface area contributed by atoms with E-state index in [2.05, 4.69) is 15.8 Å². The maximum Gasteiger partial charge on any atom is 0.153 e. The van der Waals surface area contributed by atoms with Gasteiger partial charge in [0.1, 0.15) is 11.3 Å². The van der Waals surface area contributed by atoms with Crippen molar-refractivity contribution in [3.8, 4) is 0 Å². The molecule has 3 rings (SSSR count). The van der Waals surface area contributed by atoms with Gasteiger partial charge in [0.25, 0.3) is 0 Å². The molecule has 14 heavy (non-hydrogen) atoms. The minimum atomic E-state index is 0.760. The average molecular weight is 182 g/mol. The minimum Gasteiger partial charge on any atom is -0.454 e. The lowest BCUT2D eigenvalue weighted by molar-refractivity contribution is 0.603. The van der Waals surface area contributed by atoms with Crippen LogP contribution in [0.5, 0.6) is 0 Å². The van der Waals surface area contributed by atoms with Crippen LogP contribution in [-0.2, 0) is 0 Å². The van der Waals surface area contributed by atoms with Gasteiger partial charge in [0.2, 0.25) is 0 Å². The summed E-state index contributed by atoms with van der Waals surface area (Å²) in [6.45, 7) is 0. The summed E-state index contributed by atoms with van der Waals surface area (Å²) in [7, 11) is 0. The van der Waals surface area contributed by atoms with Crippen molar-refractivity contribution in [2.75, 3.05) is 0 Å². The first-order valence-corrected chi connectivity index (χ1v) is 4.28. The van der Waals surface area contributed by atoms with Crippen molar-refractivity contribution in [1.29, 1.82) is 0 Å². The standard InChI is InChI=1S/C11H6N2O/c1-2-10-11(13-5-1)8-3-6-12-7-4-9(8)14-10/h1-6H. The number of furan rings is 1. The summed E-state index contributed by atoms with van der Waals surface area (Å²) < 4.78 is 5.58. The van der Waals surface area contributed by atoms with Gasteiger partial charge in [-0.05, 0) is 24.1 Å². The summed E-state index contributed by atoms with van der Waals surface area (Å²) in [5.41, 5.74) is 2.63. The molecule has 0 unspecified atom stereocenters. The molecule has 3 heterocycles. The molecular weight excluding hydrogens is 176 g/mol. The van der Waals surface area contributed by atoms with Crippen LogP contribution in [0.4, 0.5) is 0 Å². The van der Waals surface area contributed by atoms with Crippen LogP contribution in [0, 0.1) is 0 Å². The summed E-state index contributed by atoms with van der Waals surface area (Å²) in [6, 6.07) is 3.75. The summed E-state index contributed by atoms with van der Waals surface area (Å²) in [5, 5.41) is 0. The third-order valence-electron chi connectivity index (χ3n) is 2.10. The molecule has 0 saturated carbocycles. The molecule has 0 radical (unpaired) electrons. The Kier molecular flexibility index (Phi) is 1.40. The van der Waals surface area contributed by atoms with Crippen molar-refractivity contribution in [3.63, 3.8) is 0 Å². The topological polar surface area (TPSA) is 38.4 Å². The van der Waals surface area contributed by atoms with Crippen LogP contribution in [0.25, 0.3) is 23.3 Å². The predicted octanol–water partition coefficient (Wildman–Crippen LogP) is 2.50. The van der Waals surface area contributed by atoms with E-state index in [0.29, 0.717) is 0 Å². The van der Waals surface area contributed by atoms with Crippen molar-refractivity contribution in [1.82, 2.24) is 4.98 Å². The molecule has 3 nitrogen and oxygen atoms in total. The quantitative estimate of drug-likeness (QED) is 0.627. The van der Waals surface area contributed by atoms with E-state index < -0.39 is 0 Å². The molecule has 0 saturated heterocycles. The number of rotatable bonds is 0. The largest absolute Gasteiger partial charge is 0.454 e. The van der Waals surface area contributed by atoms with Gasteiger partial charge < -0.3 is 4.42 Å². The van der Waals surface area contributed by atoms with Crippen LogP contribution < -0.4 is 0 Å². The van der Waals surface area contributed by atoms with Gasteiger partial charge in [0, 0.05) is 24.0 Å². The van der Waals surface area contributed by atoms with E-state index in [-0.39, 0.29) is 0 Å². The fraction of sp³-hybridized carbons (Fsp3) is 0. The number of nitrogens with zero attached hydrogens (tertiary/aromatic N) is 2. The fourth-order valence-electron chi connectivity index (χ4n) is 1.48. The minimum absolute atomic E-state index is 0.760. The van der Waals surface area contributed by atoms with E-state index in [1.807, 2.05) is 18.2 Å². The van der Waals surface area contributed by atoms with Crippen LogP contribution in [0.15, 0.2) is 33.9 Å². The van der Waals surface area contributed by atoms with Crippen molar-refractivity contribution >= 4 is 29.1 Å². The average Bonchev–Trinajstić information content (AvgIpc) is 2.42. The van der Waals surface area contributed by atoms with E-state index in [4.69, 9.17) is 4.42 Å². The van der Waals surface area contributed by atoms with Crippen LogP contribution in [0.1, 0.15) is 11.3 Å². The Balaban J connectivity index is 2.46. The lowest BCUT2D eigenvalue weighted by atomic mass is 10.2. The van der Waals surface area contributed by atoms with Crippen molar-refractivity contribution in [2.24, 2.45) is 4.99 Å². The van der Waals surface area contributed by atoms with Crippen molar-refractivity contribution in [3.05, 3.63) is 35.9 Å². The summed E-state index contributed by atoms with van der Waals surface area (Å²) >= 11 is 0. The molecule has 0 bridgehead atoms. The third kappa shape index (κ3) is 0.934. The lowest BCUT2D eigenvalue weighted by Crippen LogP contribution is -1.75. The summed E-state index contributed by atoms with van der Waals surface area (Å²) in [6.07, 6.45) is 7.04. The van der Waals surface area contributed by atoms with Gasteiger partial charge in [-0.3, -0.25) is 4.98 Å². The molecule has 1 aliphatic rings.